The number of hydrogen-bond acceptors (Lipinski definition) is 5. The minimum Gasteiger partial charge on any atom is -0.377 e. The maximum atomic E-state index is 6.01. The molecule has 1 rings (SSSR count). The van der Waals surface area contributed by atoms with Crippen LogP contribution in [0.2, 0.25) is 6.04 Å². The van der Waals surface area contributed by atoms with Crippen molar-refractivity contribution in [1.82, 2.24) is 4.90 Å². The number of nitrogens with zero attached hydrogens (tertiary/aromatic N) is 1. The van der Waals surface area contributed by atoms with Crippen LogP contribution in [0.15, 0.2) is 0 Å². The number of unbranched alkanes of at least 4 members (excludes halogenated alkanes) is 2. The van der Waals surface area contributed by atoms with Crippen LogP contribution >= 0.6 is 0 Å². The summed E-state index contributed by atoms with van der Waals surface area (Å²) in [5, 5.41) is 0. The Morgan fingerprint density at radius 3 is 1.91 bits per heavy atom. The first-order valence-corrected chi connectivity index (χ1v) is 11.4. The summed E-state index contributed by atoms with van der Waals surface area (Å²) < 4.78 is 23.4. The van der Waals surface area contributed by atoms with Gasteiger partial charge in [0, 0.05) is 12.7 Å². The van der Waals surface area contributed by atoms with Crippen molar-refractivity contribution >= 4 is 8.80 Å². The lowest BCUT2D eigenvalue weighted by molar-refractivity contribution is -0.0154. The molecule has 0 saturated carbocycles. The van der Waals surface area contributed by atoms with Crippen molar-refractivity contribution in [2.75, 3.05) is 52.7 Å². The minimum absolute atomic E-state index is 0.585. The summed E-state index contributed by atoms with van der Waals surface area (Å²) in [6, 6.07) is 0.912. The van der Waals surface area contributed by atoms with E-state index in [0.29, 0.717) is 33.0 Å². The van der Waals surface area contributed by atoms with Crippen LogP contribution < -0.4 is 0 Å². The highest BCUT2D eigenvalue weighted by molar-refractivity contribution is 6.60. The Hall–Kier alpha value is 0.0169. The van der Waals surface area contributed by atoms with Crippen molar-refractivity contribution < 1.29 is 18.0 Å². The maximum Gasteiger partial charge on any atom is 0.501 e. The maximum absolute atomic E-state index is 6.01. The lowest BCUT2D eigenvalue weighted by Crippen LogP contribution is -2.48. The highest BCUT2D eigenvalue weighted by atomic mass is 28.4. The summed E-state index contributed by atoms with van der Waals surface area (Å²) in [5.74, 6) is 0. The predicted molar refractivity (Wildman–Crippen MR) is 95.8 cm³/mol. The molecule has 0 spiro atoms. The summed E-state index contributed by atoms with van der Waals surface area (Å²) >= 11 is 0. The van der Waals surface area contributed by atoms with Crippen molar-refractivity contribution in [2.45, 2.75) is 58.9 Å². The van der Waals surface area contributed by atoms with Crippen LogP contribution in [-0.4, -0.2) is 66.4 Å². The molecular formula is C17H37NO4Si. The molecule has 1 saturated heterocycles. The molecular weight excluding hydrogens is 310 g/mol. The molecule has 0 aliphatic carbocycles. The van der Waals surface area contributed by atoms with Crippen LogP contribution in [0.25, 0.3) is 0 Å². The largest absolute Gasteiger partial charge is 0.501 e. The van der Waals surface area contributed by atoms with Gasteiger partial charge in [-0.3, -0.25) is 0 Å². The Morgan fingerprint density at radius 2 is 1.39 bits per heavy atom. The second-order valence-corrected chi connectivity index (χ2v) is 8.81. The van der Waals surface area contributed by atoms with E-state index in [1.165, 1.54) is 38.8 Å². The third-order valence-electron chi connectivity index (χ3n) is 4.08. The molecule has 0 radical (unpaired) electrons. The summed E-state index contributed by atoms with van der Waals surface area (Å²) in [7, 11) is -2.50. The fourth-order valence-corrected chi connectivity index (χ4v) is 5.30. The molecule has 6 heteroatoms. The molecule has 0 amide bonds. The fraction of sp³-hybridized carbons (Fsp3) is 1.00. The van der Waals surface area contributed by atoms with Crippen LogP contribution in [0.1, 0.15) is 52.9 Å². The lowest BCUT2D eigenvalue weighted by atomic mass is 10.2. The zero-order valence-electron chi connectivity index (χ0n) is 15.5. The molecule has 5 nitrogen and oxygen atoms in total. The third-order valence-corrected chi connectivity index (χ3v) is 7.06. The van der Waals surface area contributed by atoms with Crippen molar-refractivity contribution in [1.29, 1.82) is 0 Å². The Morgan fingerprint density at radius 1 is 0.826 bits per heavy atom. The standard InChI is InChI=1S/C17H37NO4Si/c1-4-7-10-18(11-8-5-2)12-9-17-23(20-6-3)21-15-13-19-14-16-22-23/h4-17H2,1-3H3. The highest BCUT2D eigenvalue weighted by Crippen LogP contribution is 2.20. The number of rotatable bonds is 12. The Kier molecular flexibility index (Phi) is 12.2. The van der Waals surface area contributed by atoms with E-state index in [1.807, 2.05) is 6.92 Å². The average Bonchev–Trinajstić information content (AvgIpc) is 2.53. The molecule has 0 aromatic heterocycles. The van der Waals surface area contributed by atoms with E-state index in [-0.39, 0.29) is 0 Å². The van der Waals surface area contributed by atoms with Gasteiger partial charge in [0.25, 0.3) is 0 Å². The van der Waals surface area contributed by atoms with E-state index in [0.717, 1.165) is 19.0 Å². The first-order valence-electron chi connectivity index (χ1n) is 9.48. The van der Waals surface area contributed by atoms with Crippen molar-refractivity contribution in [2.24, 2.45) is 0 Å². The molecule has 0 bridgehead atoms. The zero-order chi connectivity index (χ0) is 16.8. The van der Waals surface area contributed by atoms with Gasteiger partial charge in [0.2, 0.25) is 0 Å². The Balaban J connectivity index is 2.44. The number of hydrogen-bond donors (Lipinski definition) is 0. The summed E-state index contributed by atoms with van der Waals surface area (Å²) in [5.41, 5.74) is 0. The Bertz CT molecular complexity index is 265. The van der Waals surface area contributed by atoms with Gasteiger partial charge in [-0.2, -0.15) is 0 Å². The van der Waals surface area contributed by atoms with E-state index in [4.69, 9.17) is 18.0 Å². The number of ether oxygens (including phenoxy) is 1. The molecule has 0 unspecified atom stereocenters. The predicted octanol–water partition coefficient (Wildman–Crippen LogP) is 3.32. The molecule has 23 heavy (non-hydrogen) atoms. The second-order valence-electron chi connectivity index (χ2n) is 6.08. The first-order chi connectivity index (χ1) is 11.3. The summed E-state index contributed by atoms with van der Waals surface area (Å²) in [6.07, 6.45) is 6.16. The van der Waals surface area contributed by atoms with Gasteiger partial charge in [-0.1, -0.05) is 26.7 Å². The average molecular weight is 348 g/mol. The molecule has 1 fully saturated rings. The quantitative estimate of drug-likeness (QED) is 0.507. The minimum atomic E-state index is -2.50. The van der Waals surface area contributed by atoms with Crippen LogP contribution in [0.5, 0.6) is 0 Å². The van der Waals surface area contributed by atoms with Crippen molar-refractivity contribution in [3.63, 3.8) is 0 Å². The van der Waals surface area contributed by atoms with Crippen LogP contribution in [0.4, 0.5) is 0 Å². The van der Waals surface area contributed by atoms with Crippen LogP contribution in [0.3, 0.4) is 0 Å². The molecule has 1 aliphatic rings. The molecule has 0 aromatic rings. The van der Waals surface area contributed by atoms with Gasteiger partial charge in [0.1, 0.15) is 0 Å². The molecule has 0 atom stereocenters. The topological polar surface area (TPSA) is 40.2 Å². The van der Waals surface area contributed by atoms with Crippen LogP contribution in [0, 0.1) is 0 Å². The van der Waals surface area contributed by atoms with Gasteiger partial charge in [0.15, 0.2) is 0 Å². The summed E-state index contributed by atoms with van der Waals surface area (Å²) in [4.78, 5) is 2.59. The third kappa shape index (κ3) is 9.17. The molecule has 138 valence electrons. The van der Waals surface area contributed by atoms with E-state index in [9.17, 15) is 0 Å². The molecule has 0 aromatic carbocycles. The Labute approximate surface area is 144 Å². The van der Waals surface area contributed by atoms with Gasteiger partial charge in [-0.25, -0.2) is 0 Å². The van der Waals surface area contributed by atoms with Gasteiger partial charge < -0.3 is 22.9 Å². The van der Waals surface area contributed by atoms with Crippen LogP contribution in [-0.2, 0) is 18.0 Å². The van der Waals surface area contributed by atoms with Crippen molar-refractivity contribution in [3.8, 4) is 0 Å². The second kappa shape index (κ2) is 13.3. The van der Waals surface area contributed by atoms with Gasteiger partial charge >= 0.3 is 8.80 Å². The smallest absolute Gasteiger partial charge is 0.377 e. The normalized spacial score (nSPS) is 18.8. The summed E-state index contributed by atoms with van der Waals surface area (Å²) in [6.45, 7) is 13.2. The van der Waals surface area contributed by atoms with E-state index in [1.54, 1.807) is 0 Å². The fourth-order valence-electron chi connectivity index (χ4n) is 2.79. The first kappa shape index (κ1) is 21.1. The molecule has 1 aliphatic heterocycles. The monoisotopic (exact) mass is 347 g/mol. The SMILES string of the molecule is CCCCN(CCCC)CCC[Si]1(OCC)OCCOCCO1. The van der Waals surface area contributed by atoms with Gasteiger partial charge in [-0.05, 0) is 45.8 Å². The lowest BCUT2D eigenvalue weighted by Gasteiger charge is -2.31. The van der Waals surface area contributed by atoms with Gasteiger partial charge in [-0.15, -0.1) is 0 Å². The molecule has 1 heterocycles. The van der Waals surface area contributed by atoms with E-state index in [2.05, 4.69) is 18.7 Å². The van der Waals surface area contributed by atoms with Crippen molar-refractivity contribution in [3.05, 3.63) is 0 Å². The van der Waals surface area contributed by atoms with E-state index >= 15 is 0 Å². The van der Waals surface area contributed by atoms with Gasteiger partial charge in [0.05, 0.1) is 26.4 Å². The highest BCUT2D eigenvalue weighted by Gasteiger charge is 2.41. The zero-order valence-corrected chi connectivity index (χ0v) is 16.5. The van der Waals surface area contributed by atoms with E-state index < -0.39 is 8.80 Å². The molecule has 0 N–H and O–H groups in total.